The molecular formula is C17H24N4O. The molecule has 0 fully saturated rings. The van der Waals surface area contributed by atoms with Gasteiger partial charge >= 0.3 is 0 Å². The molecule has 0 saturated heterocycles. The first-order valence-corrected chi connectivity index (χ1v) is 7.44. The van der Waals surface area contributed by atoms with Gasteiger partial charge in [-0.25, -0.2) is 15.0 Å². The molecule has 2 rings (SSSR count). The molecule has 0 aliphatic carbocycles. The number of rotatable bonds is 4. The van der Waals surface area contributed by atoms with E-state index in [1.165, 1.54) is 0 Å². The van der Waals surface area contributed by atoms with E-state index in [2.05, 4.69) is 20.3 Å². The number of hydrogen-bond donors (Lipinski definition) is 1. The Morgan fingerprint density at radius 2 is 1.86 bits per heavy atom. The third-order valence-electron chi connectivity index (χ3n) is 3.17. The highest BCUT2D eigenvalue weighted by Gasteiger charge is 2.13. The van der Waals surface area contributed by atoms with Crippen LogP contribution in [0.2, 0.25) is 0 Å². The van der Waals surface area contributed by atoms with Crippen molar-refractivity contribution >= 4 is 5.82 Å². The summed E-state index contributed by atoms with van der Waals surface area (Å²) >= 11 is 0. The average Bonchev–Trinajstić information content (AvgIpc) is 2.39. The van der Waals surface area contributed by atoms with E-state index in [0.29, 0.717) is 12.4 Å². The van der Waals surface area contributed by atoms with E-state index >= 15 is 0 Å². The summed E-state index contributed by atoms with van der Waals surface area (Å²) in [4.78, 5) is 13.1. The Morgan fingerprint density at radius 1 is 1.14 bits per heavy atom. The third-order valence-corrected chi connectivity index (χ3v) is 3.17. The predicted octanol–water partition coefficient (Wildman–Crippen LogP) is 3.59. The van der Waals surface area contributed by atoms with Gasteiger partial charge in [-0.2, -0.15) is 0 Å². The van der Waals surface area contributed by atoms with Crippen LogP contribution in [0, 0.1) is 20.8 Å². The van der Waals surface area contributed by atoms with Gasteiger partial charge in [-0.3, -0.25) is 0 Å². The summed E-state index contributed by atoms with van der Waals surface area (Å²) in [7, 11) is 0. The molecule has 0 aliphatic rings. The number of nitrogens with zero attached hydrogens (tertiary/aromatic N) is 3. The van der Waals surface area contributed by atoms with Crippen LogP contribution in [0.15, 0.2) is 18.3 Å². The minimum atomic E-state index is -0.253. The second-order valence-electron chi connectivity index (χ2n) is 6.40. The number of hydrogen-bond acceptors (Lipinski definition) is 5. The minimum absolute atomic E-state index is 0.253. The highest BCUT2D eigenvalue weighted by Crippen LogP contribution is 2.19. The number of pyridine rings is 1. The van der Waals surface area contributed by atoms with E-state index in [-0.39, 0.29) is 5.60 Å². The monoisotopic (exact) mass is 300 g/mol. The molecule has 0 aliphatic heterocycles. The van der Waals surface area contributed by atoms with Crippen molar-refractivity contribution in [1.82, 2.24) is 15.0 Å². The van der Waals surface area contributed by atoms with Gasteiger partial charge in [0.1, 0.15) is 17.2 Å². The number of aryl methyl sites for hydroxylation is 2. The molecule has 118 valence electrons. The number of nitrogens with one attached hydrogen (secondary N) is 1. The van der Waals surface area contributed by atoms with Crippen molar-refractivity contribution in [3.63, 3.8) is 0 Å². The van der Waals surface area contributed by atoms with Crippen LogP contribution >= 0.6 is 0 Å². The average molecular weight is 300 g/mol. The Bertz CT molecular complexity index is 662. The second-order valence-corrected chi connectivity index (χ2v) is 6.40. The van der Waals surface area contributed by atoms with Gasteiger partial charge in [-0.1, -0.05) is 0 Å². The van der Waals surface area contributed by atoms with Crippen molar-refractivity contribution in [2.75, 3.05) is 5.32 Å². The summed E-state index contributed by atoms with van der Waals surface area (Å²) in [6.07, 6.45) is 1.77. The van der Waals surface area contributed by atoms with E-state index in [1.807, 2.05) is 53.7 Å². The smallest absolute Gasteiger partial charge is 0.214 e. The zero-order valence-electron chi connectivity index (χ0n) is 14.2. The molecule has 0 saturated carbocycles. The van der Waals surface area contributed by atoms with Crippen LogP contribution in [-0.2, 0) is 6.54 Å². The van der Waals surface area contributed by atoms with Crippen molar-refractivity contribution < 1.29 is 4.74 Å². The lowest BCUT2D eigenvalue weighted by molar-refractivity contribution is 0.124. The molecule has 5 heteroatoms. The van der Waals surface area contributed by atoms with Crippen LogP contribution in [0.25, 0.3) is 0 Å². The maximum Gasteiger partial charge on any atom is 0.214 e. The van der Waals surface area contributed by atoms with Crippen LogP contribution in [-0.4, -0.2) is 20.6 Å². The third kappa shape index (κ3) is 4.41. The molecule has 0 bridgehead atoms. The largest absolute Gasteiger partial charge is 0.472 e. The first-order valence-electron chi connectivity index (χ1n) is 7.44. The SMILES string of the molecule is Cc1nc(C)c(C)c(NCc2ccnc(OC(C)(C)C)c2)n1. The maximum atomic E-state index is 5.79. The molecule has 0 radical (unpaired) electrons. The fraction of sp³-hybridized carbons (Fsp3) is 0.471. The van der Waals surface area contributed by atoms with Crippen molar-refractivity contribution in [3.8, 4) is 5.88 Å². The lowest BCUT2D eigenvalue weighted by Crippen LogP contribution is -2.23. The van der Waals surface area contributed by atoms with Crippen LogP contribution < -0.4 is 10.1 Å². The Balaban J connectivity index is 2.11. The molecule has 1 N–H and O–H groups in total. The molecule has 0 atom stereocenters. The Kier molecular flexibility index (Phi) is 4.64. The Hall–Kier alpha value is -2.17. The molecule has 2 aromatic rings. The Morgan fingerprint density at radius 3 is 2.55 bits per heavy atom. The molecule has 0 spiro atoms. The second kappa shape index (κ2) is 6.30. The van der Waals surface area contributed by atoms with E-state index in [0.717, 1.165) is 28.5 Å². The van der Waals surface area contributed by atoms with Crippen molar-refractivity contribution in [2.45, 2.75) is 53.7 Å². The number of ether oxygens (including phenoxy) is 1. The topological polar surface area (TPSA) is 59.9 Å². The van der Waals surface area contributed by atoms with Crippen molar-refractivity contribution in [1.29, 1.82) is 0 Å². The van der Waals surface area contributed by atoms with Gasteiger partial charge in [0.25, 0.3) is 0 Å². The lowest BCUT2D eigenvalue weighted by atomic mass is 10.2. The molecule has 0 amide bonds. The van der Waals surface area contributed by atoms with E-state index in [9.17, 15) is 0 Å². The fourth-order valence-corrected chi connectivity index (χ4v) is 2.06. The highest BCUT2D eigenvalue weighted by molar-refractivity contribution is 5.46. The number of anilines is 1. The van der Waals surface area contributed by atoms with Crippen LogP contribution in [0.1, 0.15) is 43.4 Å². The zero-order chi connectivity index (χ0) is 16.3. The summed E-state index contributed by atoms with van der Waals surface area (Å²) in [5, 5.41) is 3.37. The normalized spacial score (nSPS) is 11.4. The summed E-state index contributed by atoms with van der Waals surface area (Å²) < 4.78 is 5.79. The fourth-order valence-electron chi connectivity index (χ4n) is 2.06. The van der Waals surface area contributed by atoms with Gasteiger partial charge in [-0.15, -0.1) is 0 Å². The van der Waals surface area contributed by atoms with Crippen LogP contribution in [0.5, 0.6) is 5.88 Å². The highest BCUT2D eigenvalue weighted by atomic mass is 16.5. The first-order chi connectivity index (χ1) is 10.2. The standard InChI is InChI=1S/C17H24N4O/c1-11-12(2)20-13(3)21-16(11)19-10-14-7-8-18-15(9-14)22-17(4,5)6/h7-9H,10H2,1-6H3,(H,19,20,21). The first kappa shape index (κ1) is 16.2. The quantitative estimate of drug-likeness (QED) is 0.935. The van der Waals surface area contributed by atoms with Crippen LogP contribution in [0.4, 0.5) is 5.82 Å². The molecule has 22 heavy (non-hydrogen) atoms. The summed E-state index contributed by atoms with van der Waals surface area (Å²) in [6, 6.07) is 3.92. The van der Waals surface area contributed by atoms with Crippen molar-refractivity contribution in [3.05, 3.63) is 41.0 Å². The molecule has 0 unspecified atom stereocenters. The van der Waals surface area contributed by atoms with Gasteiger partial charge in [0, 0.05) is 30.1 Å². The van der Waals surface area contributed by atoms with E-state index < -0.39 is 0 Å². The molecule has 5 nitrogen and oxygen atoms in total. The summed E-state index contributed by atoms with van der Waals surface area (Å²) in [5.74, 6) is 2.29. The summed E-state index contributed by atoms with van der Waals surface area (Å²) in [5.41, 5.74) is 2.92. The molecule has 0 aromatic carbocycles. The number of aromatic nitrogens is 3. The lowest BCUT2D eigenvalue weighted by Gasteiger charge is -2.20. The molecular weight excluding hydrogens is 276 g/mol. The van der Waals surface area contributed by atoms with Gasteiger partial charge in [0.2, 0.25) is 5.88 Å². The van der Waals surface area contributed by atoms with Crippen LogP contribution in [0.3, 0.4) is 0 Å². The zero-order valence-corrected chi connectivity index (χ0v) is 14.2. The Labute approximate surface area is 132 Å². The summed E-state index contributed by atoms with van der Waals surface area (Å²) in [6.45, 7) is 12.6. The minimum Gasteiger partial charge on any atom is -0.472 e. The maximum absolute atomic E-state index is 5.79. The van der Waals surface area contributed by atoms with Gasteiger partial charge in [0.05, 0.1) is 0 Å². The van der Waals surface area contributed by atoms with Gasteiger partial charge in [-0.05, 0) is 53.2 Å². The van der Waals surface area contributed by atoms with Crippen molar-refractivity contribution in [2.24, 2.45) is 0 Å². The molecule has 2 aromatic heterocycles. The van der Waals surface area contributed by atoms with E-state index in [1.54, 1.807) is 6.20 Å². The predicted molar refractivity (Wildman–Crippen MR) is 88.2 cm³/mol. The van der Waals surface area contributed by atoms with Gasteiger partial charge in [0.15, 0.2) is 0 Å². The van der Waals surface area contributed by atoms with Gasteiger partial charge < -0.3 is 10.1 Å². The van der Waals surface area contributed by atoms with E-state index in [4.69, 9.17) is 4.74 Å². The molecule has 2 heterocycles.